The highest BCUT2D eigenvalue weighted by Crippen LogP contribution is 2.39. The molecule has 1 amide bonds. The molecule has 0 aromatic carbocycles. The van der Waals surface area contributed by atoms with Crippen molar-refractivity contribution in [3.05, 3.63) is 44.3 Å². The zero-order valence-electron chi connectivity index (χ0n) is 10.5. The molecule has 0 bridgehead atoms. The summed E-state index contributed by atoms with van der Waals surface area (Å²) in [6, 6.07) is 5.51. The normalized spacial score (nSPS) is 18.9. The van der Waals surface area contributed by atoms with Gasteiger partial charge in [-0.15, -0.1) is 23.1 Å². The Kier molecular flexibility index (Phi) is 4.10. The molecule has 0 fully saturated rings. The second-order valence-corrected chi connectivity index (χ2v) is 7.42. The highest BCUT2D eigenvalue weighted by molar-refractivity contribution is 8.00. The fourth-order valence-electron chi connectivity index (χ4n) is 2.21. The largest absolute Gasteiger partial charge is 0.335 e. The molecule has 102 valence electrons. The molecule has 0 radical (unpaired) electrons. The smallest absolute Gasteiger partial charge is 0.238 e. The van der Waals surface area contributed by atoms with Gasteiger partial charge in [0.1, 0.15) is 11.3 Å². The molecular formula is C14H12N2OS3. The average Bonchev–Trinajstić information content (AvgIpc) is 3.14. The van der Waals surface area contributed by atoms with Gasteiger partial charge in [0.2, 0.25) is 5.91 Å². The van der Waals surface area contributed by atoms with Crippen molar-refractivity contribution in [2.45, 2.75) is 17.7 Å². The van der Waals surface area contributed by atoms with Crippen LogP contribution in [0.25, 0.3) is 0 Å². The van der Waals surface area contributed by atoms with E-state index in [9.17, 15) is 10.1 Å². The summed E-state index contributed by atoms with van der Waals surface area (Å²) in [5, 5.41) is 17.8. The number of hydrogen-bond donors (Lipinski definition) is 1. The second-order valence-electron chi connectivity index (χ2n) is 4.43. The van der Waals surface area contributed by atoms with Crippen molar-refractivity contribution in [2.24, 2.45) is 0 Å². The third kappa shape index (κ3) is 2.62. The first-order valence-electron chi connectivity index (χ1n) is 6.19. The van der Waals surface area contributed by atoms with Crippen LogP contribution in [0.1, 0.15) is 27.3 Å². The zero-order chi connectivity index (χ0) is 13.9. The van der Waals surface area contributed by atoms with E-state index in [0.717, 1.165) is 23.3 Å². The Morgan fingerprint density at radius 3 is 3.10 bits per heavy atom. The van der Waals surface area contributed by atoms with Crippen molar-refractivity contribution in [2.75, 3.05) is 5.75 Å². The second kappa shape index (κ2) is 6.00. The van der Waals surface area contributed by atoms with Gasteiger partial charge in [0, 0.05) is 4.88 Å². The maximum absolute atomic E-state index is 12.4. The van der Waals surface area contributed by atoms with Gasteiger partial charge in [-0.2, -0.15) is 16.6 Å². The molecule has 3 heterocycles. The summed E-state index contributed by atoms with van der Waals surface area (Å²) in [5.41, 5.74) is 1.97. The minimum absolute atomic E-state index is 0.0629. The lowest BCUT2D eigenvalue weighted by Crippen LogP contribution is -2.32. The lowest BCUT2D eigenvalue weighted by Gasteiger charge is -2.22. The number of hydrogen-bond acceptors (Lipinski definition) is 5. The molecular weight excluding hydrogens is 308 g/mol. The monoisotopic (exact) mass is 320 g/mol. The molecule has 3 rings (SSSR count). The standard InChI is InChI=1S/C14H12N2OS3/c15-7-11(9-1-4-18-8-9)16-14(17)13-10-2-5-19-12(10)3-6-20-13/h1-2,4-5,8,11,13H,3,6H2,(H,16,17)/t11-,13+/m0/s1. The lowest BCUT2D eigenvalue weighted by molar-refractivity contribution is -0.121. The maximum Gasteiger partial charge on any atom is 0.238 e. The third-order valence-electron chi connectivity index (χ3n) is 3.21. The molecule has 1 aliphatic heterocycles. The third-order valence-corrected chi connectivity index (χ3v) is 6.15. The van der Waals surface area contributed by atoms with Crippen molar-refractivity contribution < 1.29 is 4.79 Å². The molecule has 1 N–H and O–H groups in total. The van der Waals surface area contributed by atoms with E-state index in [-0.39, 0.29) is 11.2 Å². The maximum atomic E-state index is 12.4. The Bertz CT molecular complexity index is 642. The molecule has 0 saturated carbocycles. The number of carbonyl (C=O) groups excluding carboxylic acids is 1. The van der Waals surface area contributed by atoms with Gasteiger partial charge in [-0.05, 0) is 51.6 Å². The van der Waals surface area contributed by atoms with Crippen molar-refractivity contribution in [1.82, 2.24) is 5.32 Å². The number of aryl methyl sites for hydroxylation is 1. The first-order chi connectivity index (χ1) is 9.79. The Morgan fingerprint density at radius 2 is 2.35 bits per heavy atom. The van der Waals surface area contributed by atoms with Crippen LogP contribution in [0.4, 0.5) is 0 Å². The van der Waals surface area contributed by atoms with Crippen LogP contribution in [0.2, 0.25) is 0 Å². The van der Waals surface area contributed by atoms with Crippen molar-refractivity contribution in [1.29, 1.82) is 5.26 Å². The number of thioether (sulfide) groups is 1. The Labute approximate surface area is 129 Å². The fraction of sp³-hybridized carbons (Fsp3) is 0.286. The van der Waals surface area contributed by atoms with E-state index in [4.69, 9.17) is 0 Å². The zero-order valence-corrected chi connectivity index (χ0v) is 13.0. The highest BCUT2D eigenvalue weighted by atomic mass is 32.2. The van der Waals surface area contributed by atoms with E-state index in [0.29, 0.717) is 0 Å². The summed E-state index contributed by atoms with van der Waals surface area (Å²) in [6.45, 7) is 0. The minimum atomic E-state index is -0.557. The van der Waals surface area contributed by atoms with Crippen molar-refractivity contribution in [3.8, 4) is 6.07 Å². The van der Waals surface area contributed by atoms with Crippen LogP contribution >= 0.6 is 34.4 Å². The lowest BCUT2D eigenvalue weighted by atomic mass is 10.1. The Balaban J connectivity index is 1.76. The molecule has 0 aliphatic carbocycles. The number of amides is 1. The predicted molar refractivity (Wildman–Crippen MR) is 84.0 cm³/mol. The van der Waals surface area contributed by atoms with Crippen LogP contribution < -0.4 is 5.32 Å². The molecule has 1 aliphatic rings. The number of nitrogens with one attached hydrogen (secondary N) is 1. The molecule has 0 unspecified atom stereocenters. The topological polar surface area (TPSA) is 52.9 Å². The molecule has 0 spiro atoms. The van der Waals surface area contributed by atoms with E-state index >= 15 is 0 Å². The summed E-state index contributed by atoms with van der Waals surface area (Å²) in [6.07, 6.45) is 1.04. The number of carbonyl (C=O) groups is 1. The summed E-state index contributed by atoms with van der Waals surface area (Å²) in [4.78, 5) is 13.7. The number of rotatable bonds is 3. The Hall–Kier alpha value is -1.29. The summed E-state index contributed by atoms with van der Waals surface area (Å²) in [7, 11) is 0. The number of thiophene rings is 2. The van der Waals surface area contributed by atoms with Crippen LogP contribution in [0.5, 0.6) is 0 Å². The number of nitrogens with zero attached hydrogens (tertiary/aromatic N) is 1. The molecule has 20 heavy (non-hydrogen) atoms. The van der Waals surface area contributed by atoms with Gasteiger partial charge in [-0.3, -0.25) is 4.79 Å². The molecule has 2 atom stereocenters. The van der Waals surface area contributed by atoms with Crippen LogP contribution in [-0.2, 0) is 11.2 Å². The first kappa shape index (κ1) is 13.7. The van der Waals surface area contributed by atoms with Crippen LogP contribution in [0.15, 0.2) is 28.3 Å². The summed E-state index contributed by atoms with van der Waals surface area (Å²) >= 11 is 4.90. The van der Waals surface area contributed by atoms with Gasteiger partial charge in [-0.1, -0.05) is 0 Å². The van der Waals surface area contributed by atoms with Crippen molar-refractivity contribution >= 4 is 40.3 Å². The summed E-state index contributed by atoms with van der Waals surface area (Å²) in [5.74, 6) is 0.897. The van der Waals surface area contributed by atoms with E-state index in [1.54, 1.807) is 23.1 Å². The van der Waals surface area contributed by atoms with Gasteiger partial charge in [-0.25, -0.2) is 0 Å². The molecule has 6 heteroatoms. The van der Waals surface area contributed by atoms with E-state index in [1.807, 2.05) is 28.3 Å². The predicted octanol–water partition coefficient (Wildman–Crippen LogP) is 3.52. The Morgan fingerprint density at radius 1 is 1.45 bits per heavy atom. The van der Waals surface area contributed by atoms with Gasteiger partial charge in [0.15, 0.2) is 0 Å². The molecule has 0 saturated heterocycles. The van der Waals surface area contributed by atoms with Gasteiger partial charge >= 0.3 is 0 Å². The number of nitriles is 1. The molecule has 2 aromatic rings. The van der Waals surface area contributed by atoms with E-state index in [1.165, 1.54) is 16.2 Å². The SMILES string of the molecule is N#C[C@H](NC(=O)[C@@H]1SCCc2sccc21)c1ccsc1. The van der Waals surface area contributed by atoms with E-state index in [2.05, 4.69) is 11.4 Å². The fourth-order valence-corrected chi connectivity index (χ4v) is 5.20. The van der Waals surface area contributed by atoms with Gasteiger partial charge < -0.3 is 5.32 Å². The van der Waals surface area contributed by atoms with Crippen molar-refractivity contribution in [3.63, 3.8) is 0 Å². The van der Waals surface area contributed by atoms with E-state index < -0.39 is 6.04 Å². The highest BCUT2D eigenvalue weighted by Gasteiger charge is 2.29. The quantitative estimate of drug-likeness (QED) is 0.941. The first-order valence-corrected chi connectivity index (χ1v) is 9.06. The molecule has 2 aromatic heterocycles. The summed E-state index contributed by atoms with van der Waals surface area (Å²) < 4.78 is 0. The van der Waals surface area contributed by atoms with Crippen LogP contribution in [0, 0.1) is 11.3 Å². The van der Waals surface area contributed by atoms with Crippen LogP contribution in [0.3, 0.4) is 0 Å². The van der Waals surface area contributed by atoms with Gasteiger partial charge in [0.25, 0.3) is 0 Å². The van der Waals surface area contributed by atoms with Gasteiger partial charge in [0.05, 0.1) is 6.07 Å². The number of fused-ring (bicyclic) bond motifs is 1. The average molecular weight is 320 g/mol. The van der Waals surface area contributed by atoms with Crippen LogP contribution in [-0.4, -0.2) is 11.7 Å². The molecule has 3 nitrogen and oxygen atoms in total. The minimum Gasteiger partial charge on any atom is -0.335 e.